The number of benzene rings is 2. The van der Waals surface area contributed by atoms with Crippen molar-refractivity contribution >= 4 is 0 Å². The Morgan fingerprint density at radius 1 is 1.00 bits per heavy atom. The van der Waals surface area contributed by atoms with Crippen LogP contribution < -0.4 is 10.5 Å². The van der Waals surface area contributed by atoms with Gasteiger partial charge in [0.05, 0.1) is 0 Å². The molecule has 0 aliphatic rings. The minimum Gasteiger partial charge on any atom is -0.454 e. The molecular weight excluding hydrogens is 265 g/mol. The summed E-state index contributed by atoms with van der Waals surface area (Å²) >= 11 is 0. The van der Waals surface area contributed by atoms with E-state index in [1.807, 2.05) is 30.3 Å². The fourth-order valence-electron chi connectivity index (χ4n) is 2.18. The lowest BCUT2D eigenvalue weighted by atomic mass is 10.1. The Kier molecular flexibility index (Phi) is 5.76. The van der Waals surface area contributed by atoms with Crippen molar-refractivity contribution < 1.29 is 9.13 Å². The summed E-state index contributed by atoms with van der Waals surface area (Å²) in [6.07, 6.45) is 4.10. The Morgan fingerprint density at radius 3 is 2.33 bits per heavy atom. The van der Waals surface area contributed by atoms with Crippen molar-refractivity contribution in [3.63, 3.8) is 0 Å². The predicted molar refractivity (Wildman–Crippen MR) is 84.3 cm³/mol. The topological polar surface area (TPSA) is 35.2 Å². The molecule has 0 aliphatic carbocycles. The summed E-state index contributed by atoms with van der Waals surface area (Å²) in [4.78, 5) is 0. The highest BCUT2D eigenvalue weighted by molar-refractivity contribution is 5.35. The van der Waals surface area contributed by atoms with Crippen molar-refractivity contribution in [3.8, 4) is 11.5 Å². The Hall–Kier alpha value is -1.87. The lowest BCUT2D eigenvalue weighted by molar-refractivity contribution is 0.441. The van der Waals surface area contributed by atoms with Crippen LogP contribution in [0, 0.1) is 5.82 Å². The van der Waals surface area contributed by atoms with Crippen molar-refractivity contribution in [1.82, 2.24) is 0 Å². The van der Waals surface area contributed by atoms with Gasteiger partial charge in [-0.25, -0.2) is 4.39 Å². The van der Waals surface area contributed by atoms with Crippen molar-refractivity contribution in [2.24, 2.45) is 5.73 Å². The Labute approximate surface area is 125 Å². The van der Waals surface area contributed by atoms with Gasteiger partial charge in [-0.2, -0.15) is 0 Å². The third-order valence-electron chi connectivity index (χ3n) is 3.40. The summed E-state index contributed by atoms with van der Waals surface area (Å²) in [5.74, 6) is 0.550. The highest BCUT2D eigenvalue weighted by Crippen LogP contribution is 2.25. The summed E-state index contributed by atoms with van der Waals surface area (Å²) in [5, 5.41) is 0. The van der Waals surface area contributed by atoms with Gasteiger partial charge >= 0.3 is 0 Å². The van der Waals surface area contributed by atoms with E-state index < -0.39 is 0 Å². The quantitative estimate of drug-likeness (QED) is 0.816. The molecule has 0 aromatic heterocycles. The molecule has 0 amide bonds. The summed E-state index contributed by atoms with van der Waals surface area (Å²) in [6.45, 7) is 2.69. The van der Waals surface area contributed by atoms with Gasteiger partial charge in [0.25, 0.3) is 0 Å². The predicted octanol–water partition coefficient (Wildman–Crippen LogP) is 4.46. The molecular formula is C18H22FNO. The highest BCUT2D eigenvalue weighted by atomic mass is 19.1. The summed E-state index contributed by atoms with van der Waals surface area (Å²) in [5.41, 5.74) is 7.63. The fourth-order valence-corrected chi connectivity index (χ4v) is 2.18. The van der Waals surface area contributed by atoms with Gasteiger partial charge in [-0.3, -0.25) is 0 Å². The molecule has 3 heteroatoms. The Bertz CT molecular complexity index is 566. The molecule has 2 aromatic carbocycles. The summed E-state index contributed by atoms with van der Waals surface area (Å²) in [6, 6.07) is 12.8. The van der Waals surface area contributed by atoms with Crippen molar-refractivity contribution in [2.45, 2.75) is 32.6 Å². The smallest absolute Gasteiger partial charge is 0.165 e. The van der Waals surface area contributed by atoms with Crippen LogP contribution in [0.4, 0.5) is 4.39 Å². The van der Waals surface area contributed by atoms with Gasteiger partial charge in [0.1, 0.15) is 5.75 Å². The van der Waals surface area contributed by atoms with Crippen LogP contribution in [0.25, 0.3) is 0 Å². The first-order valence-corrected chi connectivity index (χ1v) is 7.48. The first-order valence-electron chi connectivity index (χ1n) is 7.48. The van der Waals surface area contributed by atoms with Crippen molar-refractivity contribution in [2.75, 3.05) is 6.54 Å². The second kappa shape index (κ2) is 7.79. The van der Waals surface area contributed by atoms with E-state index >= 15 is 0 Å². The first-order chi connectivity index (χ1) is 10.2. The Morgan fingerprint density at radius 2 is 1.71 bits per heavy atom. The minimum atomic E-state index is -0.351. The number of hydrogen-bond acceptors (Lipinski definition) is 2. The lowest BCUT2D eigenvalue weighted by Crippen LogP contribution is -2.03. The molecule has 0 atom stereocenters. The molecule has 0 spiro atoms. The van der Waals surface area contributed by atoms with Crippen LogP contribution in [0.1, 0.15) is 30.9 Å². The van der Waals surface area contributed by atoms with Crippen LogP contribution in [0.2, 0.25) is 0 Å². The fraction of sp³-hybridized carbons (Fsp3) is 0.333. The van der Waals surface area contributed by atoms with Crippen LogP contribution in [0.3, 0.4) is 0 Å². The van der Waals surface area contributed by atoms with E-state index in [1.54, 1.807) is 6.07 Å². The van der Waals surface area contributed by atoms with E-state index in [0.29, 0.717) is 18.7 Å². The highest BCUT2D eigenvalue weighted by Gasteiger charge is 2.06. The van der Waals surface area contributed by atoms with E-state index in [0.717, 1.165) is 12.0 Å². The summed E-state index contributed by atoms with van der Waals surface area (Å²) in [7, 11) is 0. The normalized spacial score (nSPS) is 10.6. The average Bonchev–Trinajstić information content (AvgIpc) is 2.49. The van der Waals surface area contributed by atoms with Crippen LogP contribution in [0.5, 0.6) is 11.5 Å². The van der Waals surface area contributed by atoms with Crippen molar-refractivity contribution in [3.05, 3.63) is 59.4 Å². The molecule has 2 N–H and O–H groups in total. The standard InChI is InChI=1S/C18H22FNO/c1-2-3-4-14-5-8-16(9-6-14)21-18-10-7-15(11-12-20)13-17(18)19/h5-10,13H,2-4,11-12,20H2,1H3. The molecule has 0 saturated heterocycles. The van der Waals surface area contributed by atoms with Crippen LogP contribution >= 0.6 is 0 Å². The minimum absolute atomic E-state index is 0.247. The van der Waals surface area contributed by atoms with Gasteiger partial charge in [-0.05, 0) is 61.2 Å². The number of unbranched alkanes of at least 4 members (excludes halogenated alkanes) is 1. The molecule has 0 fully saturated rings. The molecule has 0 radical (unpaired) electrons. The SMILES string of the molecule is CCCCc1ccc(Oc2ccc(CCN)cc2F)cc1. The first kappa shape index (κ1) is 15.5. The molecule has 0 bridgehead atoms. The number of hydrogen-bond donors (Lipinski definition) is 1. The maximum Gasteiger partial charge on any atom is 0.165 e. The average molecular weight is 287 g/mol. The third kappa shape index (κ3) is 4.57. The second-order valence-electron chi connectivity index (χ2n) is 5.15. The molecule has 0 unspecified atom stereocenters. The number of aryl methyl sites for hydroxylation is 1. The maximum atomic E-state index is 13.9. The van der Waals surface area contributed by atoms with Gasteiger partial charge in [-0.15, -0.1) is 0 Å². The molecule has 112 valence electrons. The molecule has 2 rings (SSSR count). The zero-order valence-electron chi connectivity index (χ0n) is 12.4. The van der Waals surface area contributed by atoms with E-state index in [-0.39, 0.29) is 11.6 Å². The largest absolute Gasteiger partial charge is 0.454 e. The van der Waals surface area contributed by atoms with Gasteiger partial charge in [0.2, 0.25) is 0 Å². The Balaban J connectivity index is 2.04. The van der Waals surface area contributed by atoms with Gasteiger partial charge in [0, 0.05) is 0 Å². The van der Waals surface area contributed by atoms with E-state index in [9.17, 15) is 4.39 Å². The molecule has 21 heavy (non-hydrogen) atoms. The van der Waals surface area contributed by atoms with Crippen LogP contribution in [0.15, 0.2) is 42.5 Å². The molecule has 0 heterocycles. The van der Waals surface area contributed by atoms with Crippen LogP contribution in [-0.4, -0.2) is 6.54 Å². The number of ether oxygens (including phenoxy) is 1. The van der Waals surface area contributed by atoms with E-state index in [4.69, 9.17) is 10.5 Å². The zero-order chi connectivity index (χ0) is 15.1. The second-order valence-corrected chi connectivity index (χ2v) is 5.15. The maximum absolute atomic E-state index is 13.9. The van der Waals surface area contributed by atoms with Crippen molar-refractivity contribution in [1.29, 1.82) is 0 Å². The van der Waals surface area contributed by atoms with E-state index in [1.165, 1.54) is 24.5 Å². The third-order valence-corrected chi connectivity index (χ3v) is 3.40. The molecule has 2 aromatic rings. The van der Waals surface area contributed by atoms with Gasteiger partial charge in [0.15, 0.2) is 11.6 Å². The lowest BCUT2D eigenvalue weighted by Gasteiger charge is -2.09. The number of rotatable bonds is 7. The van der Waals surface area contributed by atoms with E-state index in [2.05, 4.69) is 6.92 Å². The molecule has 2 nitrogen and oxygen atoms in total. The van der Waals surface area contributed by atoms with Gasteiger partial charge < -0.3 is 10.5 Å². The zero-order valence-corrected chi connectivity index (χ0v) is 12.4. The number of nitrogens with two attached hydrogens (primary N) is 1. The molecule has 0 saturated carbocycles. The molecule has 0 aliphatic heterocycles. The monoisotopic (exact) mass is 287 g/mol. The number of halogens is 1. The van der Waals surface area contributed by atoms with Gasteiger partial charge in [-0.1, -0.05) is 31.5 Å². The van der Waals surface area contributed by atoms with Crippen LogP contribution in [-0.2, 0) is 12.8 Å². The summed E-state index contributed by atoms with van der Waals surface area (Å²) < 4.78 is 19.5.